The van der Waals surface area contributed by atoms with Crippen molar-refractivity contribution in [3.63, 3.8) is 0 Å². The molecule has 0 spiro atoms. The highest BCUT2D eigenvalue weighted by Crippen LogP contribution is 2.41. The Morgan fingerprint density at radius 1 is 0.975 bits per heavy atom. The van der Waals surface area contributed by atoms with Crippen LogP contribution in [0.2, 0.25) is 0 Å². The van der Waals surface area contributed by atoms with Crippen LogP contribution in [-0.2, 0) is 9.59 Å². The lowest BCUT2D eigenvalue weighted by Gasteiger charge is -2.26. The molecule has 210 valence electrons. The smallest absolute Gasteiger partial charge is 0.295 e. The van der Waals surface area contributed by atoms with Gasteiger partial charge in [-0.05, 0) is 93.5 Å². The molecule has 1 fully saturated rings. The van der Waals surface area contributed by atoms with Crippen molar-refractivity contribution in [3.05, 3.63) is 95.1 Å². The summed E-state index contributed by atoms with van der Waals surface area (Å²) in [6, 6.07) is 21.3. The highest BCUT2D eigenvalue weighted by Gasteiger charge is 2.46. The molecule has 0 aromatic heterocycles. The van der Waals surface area contributed by atoms with Crippen LogP contribution in [0.3, 0.4) is 0 Å². The molecule has 1 saturated heterocycles. The van der Waals surface area contributed by atoms with Gasteiger partial charge in [-0.2, -0.15) is 0 Å². The molecule has 7 nitrogen and oxygen atoms in total. The number of Topliss-reactive ketones (excluding diaryl/α,β-unsaturated/α-hetero) is 1. The lowest BCUT2D eigenvalue weighted by Crippen LogP contribution is -2.32. The zero-order valence-corrected chi connectivity index (χ0v) is 23.9. The maximum Gasteiger partial charge on any atom is 0.295 e. The maximum absolute atomic E-state index is 13.4. The molecule has 0 saturated carbocycles. The van der Waals surface area contributed by atoms with Crippen LogP contribution in [0.25, 0.3) is 5.76 Å². The van der Waals surface area contributed by atoms with Crippen LogP contribution in [0.4, 0.5) is 0 Å². The summed E-state index contributed by atoms with van der Waals surface area (Å²) in [5.41, 5.74) is 2.05. The first-order valence-corrected chi connectivity index (χ1v) is 13.7. The van der Waals surface area contributed by atoms with Crippen LogP contribution in [0.1, 0.15) is 43.0 Å². The minimum atomic E-state index is -0.751. The molecule has 3 aromatic rings. The number of rotatable bonds is 11. The van der Waals surface area contributed by atoms with E-state index in [4.69, 9.17) is 9.47 Å². The van der Waals surface area contributed by atoms with Crippen LogP contribution >= 0.6 is 0 Å². The van der Waals surface area contributed by atoms with E-state index in [1.54, 1.807) is 23.1 Å². The number of aliphatic hydroxyl groups excluding tert-OH is 1. The summed E-state index contributed by atoms with van der Waals surface area (Å²) in [4.78, 5) is 30.4. The minimum Gasteiger partial charge on any atom is -0.507 e. The summed E-state index contributed by atoms with van der Waals surface area (Å²) in [6.45, 7) is 7.75. The van der Waals surface area contributed by atoms with Gasteiger partial charge < -0.3 is 24.4 Å². The van der Waals surface area contributed by atoms with Gasteiger partial charge in [0, 0.05) is 12.1 Å². The van der Waals surface area contributed by atoms with Gasteiger partial charge in [0.05, 0.1) is 18.2 Å². The van der Waals surface area contributed by atoms with Gasteiger partial charge in [-0.3, -0.25) is 9.59 Å². The first-order valence-electron chi connectivity index (χ1n) is 13.7. The average molecular weight is 543 g/mol. The van der Waals surface area contributed by atoms with Crippen molar-refractivity contribution in [3.8, 4) is 17.2 Å². The van der Waals surface area contributed by atoms with E-state index in [2.05, 4.69) is 13.8 Å². The number of ether oxygens (including phenoxy) is 2. The molecular weight excluding hydrogens is 504 g/mol. The van der Waals surface area contributed by atoms with E-state index in [-0.39, 0.29) is 11.3 Å². The van der Waals surface area contributed by atoms with Gasteiger partial charge in [0.2, 0.25) is 0 Å². The summed E-state index contributed by atoms with van der Waals surface area (Å²) >= 11 is 0. The third-order valence-corrected chi connectivity index (χ3v) is 6.72. The third kappa shape index (κ3) is 6.72. The van der Waals surface area contributed by atoms with Gasteiger partial charge in [0.15, 0.2) is 0 Å². The van der Waals surface area contributed by atoms with Gasteiger partial charge in [0.1, 0.15) is 23.0 Å². The van der Waals surface area contributed by atoms with Gasteiger partial charge in [0.25, 0.3) is 11.7 Å². The van der Waals surface area contributed by atoms with E-state index in [1.165, 1.54) is 0 Å². The minimum absolute atomic E-state index is 0.0713. The van der Waals surface area contributed by atoms with E-state index < -0.39 is 17.7 Å². The second-order valence-electron chi connectivity index (χ2n) is 10.8. The molecule has 0 unspecified atom stereocenters. The number of ketones is 1. The highest BCUT2D eigenvalue weighted by molar-refractivity contribution is 6.46. The number of amides is 1. The second kappa shape index (κ2) is 12.8. The standard InChI is InChI=1S/C33H38N2O5/c1-22(2)21-39-28-16-15-25(19-23(28)3)31(36)29-30(35(33(38)32(29)37)18-10-17-34(4)5)24-11-9-14-27(20-24)40-26-12-7-6-8-13-26/h6-9,11-16,19-20,22,30,36H,10,17-18,21H2,1-5H3/b31-29+/t30-/m0/s1. The fourth-order valence-corrected chi connectivity index (χ4v) is 4.76. The number of nitrogens with zero attached hydrogens (tertiary/aromatic N) is 2. The van der Waals surface area contributed by atoms with E-state index in [0.717, 1.165) is 17.9 Å². The third-order valence-electron chi connectivity index (χ3n) is 6.72. The van der Waals surface area contributed by atoms with Crippen molar-refractivity contribution in [1.82, 2.24) is 9.80 Å². The number of aryl methyl sites for hydroxylation is 1. The molecule has 0 radical (unpaired) electrons. The normalized spacial score (nSPS) is 16.7. The molecule has 7 heteroatoms. The van der Waals surface area contributed by atoms with Gasteiger partial charge in [-0.25, -0.2) is 0 Å². The van der Waals surface area contributed by atoms with E-state index in [1.807, 2.05) is 80.5 Å². The van der Waals surface area contributed by atoms with Crippen molar-refractivity contribution < 1.29 is 24.2 Å². The summed E-state index contributed by atoms with van der Waals surface area (Å²) in [5, 5.41) is 11.5. The van der Waals surface area contributed by atoms with Crippen molar-refractivity contribution in [1.29, 1.82) is 0 Å². The van der Waals surface area contributed by atoms with Crippen molar-refractivity contribution in [2.45, 2.75) is 33.2 Å². The molecule has 1 atom stereocenters. The van der Waals surface area contributed by atoms with Crippen LogP contribution in [0.15, 0.2) is 78.4 Å². The second-order valence-corrected chi connectivity index (χ2v) is 10.8. The number of carbonyl (C=O) groups is 2. The Hall–Kier alpha value is -4.10. The predicted octanol–water partition coefficient (Wildman–Crippen LogP) is 6.20. The topological polar surface area (TPSA) is 79.3 Å². The molecule has 0 aliphatic carbocycles. The fraction of sp³-hybridized carbons (Fsp3) is 0.333. The Balaban J connectivity index is 1.75. The number of para-hydroxylation sites is 1. The molecule has 4 rings (SSSR count). The fourth-order valence-electron chi connectivity index (χ4n) is 4.76. The van der Waals surface area contributed by atoms with Crippen LogP contribution in [-0.4, -0.2) is 60.4 Å². The predicted molar refractivity (Wildman–Crippen MR) is 157 cm³/mol. The summed E-state index contributed by atoms with van der Waals surface area (Å²) in [6.07, 6.45) is 0.678. The van der Waals surface area contributed by atoms with Crippen LogP contribution < -0.4 is 9.47 Å². The molecule has 1 amide bonds. The van der Waals surface area contributed by atoms with Crippen molar-refractivity contribution in [2.75, 3.05) is 33.8 Å². The van der Waals surface area contributed by atoms with Gasteiger partial charge in [-0.1, -0.05) is 44.2 Å². The lowest BCUT2D eigenvalue weighted by atomic mass is 9.94. The number of aliphatic hydroxyl groups is 1. The number of likely N-dealkylation sites (tertiary alicyclic amines) is 1. The molecule has 1 N–H and O–H groups in total. The highest BCUT2D eigenvalue weighted by atomic mass is 16.5. The number of carbonyl (C=O) groups excluding carboxylic acids is 2. The summed E-state index contributed by atoms with van der Waals surface area (Å²) < 4.78 is 11.9. The van der Waals surface area contributed by atoms with Gasteiger partial charge >= 0.3 is 0 Å². The van der Waals surface area contributed by atoms with E-state index >= 15 is 0 Å². The number of benzene rings is 3. The number of hydrogen-bond donors (Lipinski definition) is 1. The molecule has 3 aromatic carbocycles. The largest absolute Gasteiger partial charge is 0.507 e. The Morgan fingerprint density at radius 3 is 2.38 bits per heavy atom. The molecule has 40 heavy (non-hydrogen) atoms. The van der Waals surface area contributed by atoms with Crippen LogP contribution in [0, 0.1) is 12.8 Å². The first-order chi connectivity index (χ1) is 19.2. The van der Waals surface area contributed by atoms with E-state index in [0.29, 0.717) is 48.1 Å². The SMILES string of the molecule is Cc1cc(/C(O)=C2\C(=O)C(=O)N(CCCN(C)C)[C@H]2c2cccc(Oc3ccccc3)c2)ccc1OCC(C)C. The van der Waals surface area contributed by atoms with Crippen LogP contribution in [0.5, 0.6) is 17.2 Å². The Kier molecular flexibility index (Phi) is 9.27. The maximum atomic E-state index is 13.4. The monoisotopic (exact) mass is 542 g/mol. The molecular formula is C33H38N2O5. The molecule has 1 aliphatic rings. The lowest BCUT2D eigenvalue weighted by molar-refractivity contribution is -0.139. The Bertz CT molecular complexity index is 1380. The number of hydrogen-bond acceptors (Lipinski definition) is 6. The molecule has 1 aliphatic heterocycles. The Morgan fingerprint density at radius 2 is 1.70 bits per heavy atom. The zero-order chi connectivity index (χ0) is 28.8. The van der Waals surface area contributed by atoms with Crippen molar-refractivity contribution >= 4 is 17.4 Å². The molecule has 1 heterocycles. The average Bonchev–Trinajstić information content (AvgIpc) is 3.17. The van der Waals surface area contributed by atoms with E-state index in [9.17, 15) is 14.7 Å². The summed E-state index contributed by atoms with van der Waals surface area (Å²) in [5.74, 6) is 0.827. The zero-order valence-electron chi connectivity index (χ0n) is 23.9. The summed E-state index contributed by atoms with van der Waals surface area (Å²) in [7, 11) is 3.93. The van der Waals surface area contributed by atoms with Crippen molar-refractivity contribution in [2.24, 2.45) is 5.92 Å². The van der Waals surface area contributed by atoms with Gasteiger partial charge in [-0.15, -0.1) is 0 Å². The molecule has 0 bridgehead atoms. The quantitative estimate of drug-likeness (QED) is 0.177. The Labute approximate surface area is 236 Å². The first kappa shape index (κ1) is 28.9.